The molecular weight excluding hydrogens is 436 g/mol. The third-order valence-corrected chi connectivity index (χ3v) is 14.3. The maximum Gasteiger partial charge on any atom is 0.313 e. The van der Waals surface area contributed by atoms with Crippen LogP contribution < -0.4 is 0 Å². The molecule has 0 amide bonds. The second-order valence-electron chi connectivity index (χ2n) is 16.0. The van der Waals surface area contributed by atoms with E-state index in [2.05, 4.69) is 48.5 Å². The van der Waals surface area contributed by atoms with Gasteiger partial charge >= 0.3 is 5.97 Å². The second-order valence-corrected chi connectivity index (χ2v) is 16.0. The summed E-state index contributed by atoms with van der Waals surface area (Å²) in [4.78, 5) is 13.7. The summed E-state index contributed by atoms with van der Waals surface area (Å²) in [6.07, 6.45) is 10.1. The van der Waals surface area contributed by atoms with Gasteiger partial charge in [-0.25, -0.2) is 0 Å². The first-order valence-corrected chi connectivity index (χ1v) is 14.6. The first-order valence-electron chi connectivity index (χ1n) is 14.6. The number of aliphatic hydroxyl groups excluding tert-OH is 1. The number of fused-ring (bicyclic) bond motifs is 4. The second kappa shape index (κ2) is 6.87. The Labute approximate surface area is 213 Å². The summed E-state index contributed by atoms with van der Waals surface area (Å²) < 4.78 is 12.7. The van der Waals surface area contributed by atoms with Crippen LogP contribution in [0.4, 0.5) is 0 Å². The van der Waals surface area contributed by atoms with Crippen LogP contribution in [0.3, 0.4) is 0 Å². The molecule has 6 rings (SSSR count). The number of hydrogen-bond donors (Lipinski definition) is 1. The Kier molecular flexibility index (Phi) is 4.85. The highest BCUT2D eigenvalue weighted by atomic mass is 16.6. The number of aliphatic hydroxyl groups is 1. The molecule has 1 saturated heterocycles. The van der Waals surface area contributed by atoms with Gasteiger partial charge in [0.05, 0.1) is 17.6 Å². The average Bonchev–Trinajstić information content (AvgIpc) is 2.95. The molecule has 0 aromatic carbocycles. The summed E-state index contributed by atoms with van der Waals surface area (Å²) in [5.41, 5.74) is -0.763. The highest BCUT2D eigenvalue weighted by molar-refractivity contribution is 5.82. The number of ether oxygens (including phenoxy) is 2. The minimum atomic E-state index is -0.728. The molecule has 35 heavy (non-hydrogen) atoms. The van der Waals surface area contributed by atoms with E-state index in [0.29, 0.717) is 17.9 Å². The van der Waals surface area contributed by atoms with E-state index in [1.54, 1.807) is 0 Å². The normalized spacial score (nSPS) is 57.9. The summed E-state index contributed by atoms with van der Waals surface area (Å²) in [5.74, 6) is 1.17. The number of esters is 1. The van der Waals surface area contributed by atoms with Crippen molar-refractivity contribution in [3.05, 3.63) is 0 Å². The van der Waals surface area contributed by atoms with Crippen LogP contribution in [0.2, 0.25) is 0 Å². The minimum absolute atomic E-state index is 0.0180. The fraction of sp³-hybridized carbons (Fsp3) is 0.968. The number of carbonyl (C=O) groups excluding carboxylic acids is 1. The van der Waals surface area contributed by atoms with Crippen molar-refractivity contribution >= 4 is 5.97 Å². The van der Waals surface area contributed by atoms with Crippen LogP contribution >= 0.6 is 0 Å². The van der Waals surface area contributed by atoms with Crippen LogP contribution in [0.1, 0.15) is 113 Å². The van der Waals surface area contributed by atoms with E-state index in [1.165, 1.54) is 6.42 Å². The third-order valence-electron chi connectivity index (χ3n) is 14.3. The summed E-state index contributed by atoms with van der Waals surface area (Å²) in [6, 6.07) is 0. The van der Waals surface area contributed by atoms with Gasteiger partial charge in [-0.15, -0.1) is 0 Å². The highest BCUT2D eigenvalue weighted by Crippen LogP contribution is 2.80. The molecule has 1 N–H and O–H groups in total. The van der Waals surface area contributed by atoms with Crippen molar-refractivity contribution in [1.29, 1.82) is 0 Å². The highest BCUT2D eigenvalue weighted by Gasteiger charge is 2.83. The largest absolute Gasteiger partial charge is 0.455 e. The van der Waals surface area contributed by atoms with Gasteiger partial charge in [-0.2, -0.15) is 0 Å². The first-order chi connectivity index (χ1) is 16.1. The van der Waals surface area contributed by atoms with E-state index < -0.39 is 11.7 Å². The van der Waals surface area contributed by atoms with E-state index in [9.17, 15) is 9.90 Å². The zero-order chi connectivity index (χ0) is 25.4. The van der Waals surface area contributed by atoms with Gasteiger partial charge in [-0.1, -0.05) is 48.5 Å². The summed E-state index contributed by atoms with van der Waals surface area (Å²) >= 11 is 0. The lowest BCUT2D eigenvalue weighted by molar-refractivity contribution is -0.317. The van der Waals surface area contributed by atoms with Crippen molar-refractivity contribution in [3.8, 4) is 0 Å². The first kappa shape index (κ1) is 24.7. The lowest BCUT2D eigenvalue weighted by Gasteiger charge is -2.74. The molecule has 6 fully saturated rings. The Morgan fingerprint density at radius 2 is 1.54 bits per heavy atom. The zero-order valence-electron chi connectivity index (χ0n) is 23.6. The van der Waals surface area contributed by atoms with Crippen molar-refractivity contribution in [2.45, 2.75) is 130 Å². The van der Waals surface area contributed by atoms with E-state index in [0.717, 1.165) is 57.8 Å². The van der Waals surface area contributed by atoms with Gasteiger partial charge in [0.2, 0.25) is 0 Å². The van der Waals surface area contributed by atoms with Crippen LogP contribution in [0.15, 0.2) is 0 Å². The third kappa shape index (κ3) is 2.56. The molecule has 1 aliphatic heterocycles. The van der Waals surface area contributed by atoms with Crippen molar-refractivity contribution in [3.63, 3.8) is 0 Å². The van der Waals surface area contributed by atoms with Gasteiger partial charge in [0.25, 0.3) is 0 Å². The molecule has 1 spiro atoms. The maximum atomic E-state index is 13.7. The van der Waals surface area contributed by atoms with Crippen LogP contribution in [0.25, 0.3) is 0 Å². The Bertz CT molecular complexity index is 940. The summed E-state index contributed by atoms with van der Waals surface area (Å²) in [5, 5.41) is 12.3. The summed E-state index contributed by atoms with van der Waals surface area (Å²) in [6.45, 7) is 17.1. The topological polar surface area (TPSA) is 55.8 Å². The molecule has 6 aliphatic rings. The van der Waals surface area contributed by atoms with Crippen molar-refractivity contribution in [2.75, 3.05) is 7.11 Å². The van der Waals surface area contributed by atoms with Crippen LogP contribution in [-0.4, -0.2) is 36.0 Å². The average molecular weight is 487 g/mol. The predicted octanol–water partition coefficient (Wildman–Crippen LogP) is 6.53. The number of rotatable bonds is 1. The van der Waals surface area contributed by atoms with E-state index in [1.807, 2.05) is 7.11 Å². The Hall–Kier alpha value is -0.610. The molecule has 4 nitrogen and oxygen atoms in total. The molecule has 198 valence electrons. The summed E-state index contributed by atoms with van der Waals surface area (Å²) in [7, 11) is 1.88. The Morgan fingerprint density at radius 3 is 2.23 bits per heavy atom. The van der Waals surface area contributed by atoms with E-state index >= 15 is 0 Å². The van der Waals surface area contributed by atoms with Crippen molar-refractivity contribution < 1.29 is 19.4 Å². The monoisotopic (exact) mass is 486 g/mol. The zero-order valence-corrected chi connectivity index (χ0v) is 23.6. The SMILES string of the molecule is CO[C@H]1CC[C@]2(C)[C@H]3C[C@H](O)[C@@]45OC(=O)[C@@]6(CCC(C)(C)C[C@H]64)CC[C@@]5(C)[C@]3(C)CC[C@H]2C1(C)C. The standard InChI is InChI=1S/C31H50O4/c1-25(2)13-15-30-16-14-29(7)28(6)12-9-19-26(3,4)23(34-8)10-11-27(19,5)20(28)17-22(32)31(29,21(30)18-25)35-24(30)33/h19-23,32H,9-18H2,1-8H3/t19-,20+,21+,22-,23-,27-,28+,29-,30-,31-/m0/s1. The maximum absolute atomic E-state index is 13.7. The van der Waals surface area contributed by atoms with E-state index in [-0.39, 0.29) is 44.4 Å². The molecule has 0 unspecified atom stereocenters. The molecule has 10 atom stereocenters. The quantitative estimate of drug-likeness (QED) is 0.428. The van der Waals surface area contributed by atoms with Crippen LogP contribution in [0.5, 0.6) is 0 Å². The van der Waals surface area contributed by atoms with Crippen molar-refractivity contribution in [1.82, 2.24) is 0 Å². The van der Waals surface area contributed by atoms with Gasteiger partial charge in [-0.3, -0.25) is 4.79 Å². The lowest BCUT2D eigenvalue weighted by Crippen LogP contribution is -2.76. The Balaban J connectivity index is 1.47. The predicted molar refractivity (Wildman–Crippen MR) is 137 cm³/mol. The molecule has 4 heteroatoms. The minimum Gasteiger partial charge on any atom is -0.455 e. The van der Waals surface area contributed by atoms with Gasteiger partial charge in [0.15, 0.2) is 0 Å². The van der Waals surface area contributed by atoms with E-state index in [4.69, 9.17) is 9.47 Å². The number of hydrogen-bond acceptors (Lipinski definition) is 4. The van der Waals surface area contributed by atoms with Gasteiger partial charge < -0.3 is 14.6 Å². The molecule has 1 heterocycles. The fourth-order valence-electron chi connectivity index (χ4n) is 12.2. The van der Waals surface area contributed by atoms with Gasteiger partial charge in [0.1, 0.15) is 5.60 Å². The molecule has 0 aromatic heterocycles. The molecule has 2 bridgehead atoms. The number of methoxy groups -OCH3 is 1. The molecule has 0 aromatic rings. The lowest BCUT2D eigenvalue weighted by atomic mass is 9.30. The molecule has 5 saturated carbocycles. The molecular formula is C31H50O4. The number of carbonyl (C=O) groups is 1. The van der Waals surface area contributed by atoms with Crippen LogP contribution in [-0.2, 0) is 14.3 Å². The Morgan fingerprint density at radius 1 is 0.857 bits per heavy atom. The van der Waals surface area contributed by atoms with Crippen LogP contribution in [0, 0.1) is 50.2 Å². The van der Waals surface area contributed by atoms with Gasteiger partial charge in [0, 0.05) is 18.4 Å². The van der Waals surface area contributed by atoms with Gasteiger partial charge in [-0.05, 0) is 97.7 Å². The molecule has 0 radical (unpaired) electrons. The fourth-order valence-corrected chi connectivity index (χ4v) is 12.2. The van der Waals surface area contributed by atoms with Crippen molar-refractivity contribution in [2.24, 2.45) is 50.2 Å². The smallest absolute Gasteiger partial charge is 0.313 e. The molecule has 5 aliphatic carbocycles.